The Morgan fingerprint density at radius 2 is 1.66 bits per heavy atom. The van der Waals surface area contributed by atoms with Crippen molar-refractivity contribution in [1.29, 1.82) is 0 Å². The highest BCUT2D eigenvalue weighted by molar-refractivity contribution is 6.19. The van der Waals surface area contributed by atoms with E-state index in [1.54, 1.807) is 0 Å². The molecule has 0 bridgehead atoms. The molecule has 1 fully saturated rings. The third-order valence-corrected chi connectivity index (χ3v) is 5.07. The summed E-state index contributed by atoms with van der Waals surface area (Å²) < 4.78 is 7.25. The number of Topliss-reactive ketones (excluding diaryl/α,β-unsaturated/α-hetero) is 1. The quantitative estimate of drug-likeness (QED) is 0.408. The summed E-state index contributed by atoms with van der Waals surface area (Å²) in [6, 6.07) is 7.83. The van der Waals surface area contributed by atoms with Gasteiger partial charge < -0.3 is 9.30 Å². The van der Waals surface area contributed by atoms with Crippen LogP contribution in [0.1, 0.15) is 58.3 Å². The van der Waals surface area contributed by atoms with Crippen molar-refractivity contribution in [1.82, 2.24) is 4.57 Å². The zero-order chi connectivity index (χ0) is 21.1. The van der Waals surface area contributed by atoms with Gasteiger partial charge in [0.05, 0.1) is 11.3 Å². The van der Waals surface area contributed by atoms with Crippen molar-refractivity contribution in [3.8, 4) is 0 Å². The minimum Gasteiger partial charge on any atom is -0.454 e. The van der Waals surface area contributed by atoms with Crippen molar-refractivity contribution in [3.63, 3.8) is 0 Å². The zero-order valence-electron chi connectivity index (χ0n) is 16.9. The molecule has 0 N–H and O–H groups in total. The number of aromatic nitrogens is 1. The molecule has 7 nitrogen and oxygen atoms in total. The molecular weight excluding hydrogens is 372 g/mol. The lowest BCUT2D eigenvalue weighted by atomic mass is 10.1. The summed E-state index contributed by atoms with van der Waals surface area (Å²) in [6.07, 6.45) is 1.36. The highest BCUT2D eigenvalue weighted by atomic mass is 16.5. The van der Waals surface area contributed by atoms with Gasteiger partial charge in [0.1, 0.15) is 0 Å². The largest absolute Gasteiger partial charge is 0.454 e. The fourth-order valence-corrected chi connectivity index (χ4v) is 3.55. The number of hydrogen-bond donors (Lipinski definition) is 0. The molecule has 0 aliphatic carbocycles. The van der Waals surface area contributed by atoms with Gasteiger partial charge in [-0.2, -0.15) is 0 Å². The standard InChI is InChI=1S/C22H24N2O5/c1-4-11-23-14(2)12-18(15(23)3)19(25)13-29-22(28)16-5-7-17(8-6-16)24-20(26)9-10-21(24)27/h5-8,12H,4,9-11,13H2,1-3H3. The maximum absolute atomic E-state index is 12.5. The number of carbonyl (C=O) groups excluding carboxylic acids is 4. The lowest BCUT2D eigenvalue weighted by Gasteiger charge is -2.14. The van der Waals surface area contributed by atoms with Gasteiger partial charge in [-0.15, -0.1) is 0 Å². The molecule has 29 heavy (non-hydrogen) atoms. The number of aryl methyl sites for hydroxylation is 1. The third kappa shape index (κ3) is 4.13. The minimum absolute atomic E-state index is 0.198. The van der Waals surface area contributed by atoms with E-state index in [1.165, 1.54) is 24.3 Å². The van der Waals surface area contributed by atoms with Crippen LogP contribution in [0.3, 0.4) is 0 Å². The van der Waals surface area contributed by atoms with Gasteiger partial charge in [-0.1, -0.05) is 6.92 Å². The Kier molecular flexibility index (Phi) is 5.96. The summed E-state index contributed by atoms with van der Waals surface area (Å²) in [7, 11) is 0. The smallest absolute Gasteiger partial charge is 0.338 e. The van der Waals surface area contributed by atoms with Crippen LogP contribution in [0.4, 0.5) is 5.69 Å². The normalized spacial score (nSPS) is 13.8. The summed E-state index contributed by atoms with van der Waals surface area (Å²) in [4.78, 5) is 49.5. The first-order chi connectivity index (χ1) is 13.8. The van der Waals surface area contributed by atoms with E-state index in [4.69, 9.17) is 4.74 Å². The molecule has 1 aliphatic heterocycles. The average Bonchev–Trinajstić information content (AvgIpc) is 3.19. The fourth-order valence-electron chi connectivity index (χ4n) is 3.55. The van der Waals surface area contributed by atoms with Crippen LogP contribution in [0.15, 0.2) is 30.3 Å². The number of ketones is 1. The summed E-state index contributed by atoms with van der Waals surface area (Å²) >= 11 is 0. The number of anilines is 1. The van der Waals surface area contributed by atoms with Gasteiger partial charge in [0, 0.05) is 36.3 Å². The molecular formula is C22H24N2O5. The van der Waals surface area contributed by atoms with E-state index in [9.17, 15) is 19.2 Å². The van der Waals surface area contributed by atoms with E-state index >= 15 is 0 Å². The first-order valence-corrected chi connectivity index (χ1v) is 9.66. The van der Waals surface area contributed by atoms with Crippen LogP contribution in [0.25, 0.3) is 0 Å². The Morgan fingerprint density at radius 3 is 2.24 bits per heavy atom. The Morgan fingerprint density at radius 1 is 1.03 bits per heavy atom. The SMILES string of the molecule is CCCn1c(C)cc(C(=O)COC(=O)c2ccc(N3C(=O)CCC3=O)cc2)c1C. The Bertz CT molecular complexity index is 956. The number of hydrogen-bond acceptors (Lipinski definition) is 5. The third-order valence-electron chi connectivity index (χ3n) is 5.07. The predicted molar refractivity (Wildman–Crippen MR) is 107 cm³/mol. The molecule has 7 heteroatoms. The molecule has 3 rings (SSSR count). The van der Waals surface area contributed by atoms with Crippen LogP contribution in [0.5, 0.6) is 0 Å². The Labute approximate surface area is 169 Å². The number of carbonyl (C=O) groups is 4. The van der Waals surface area contributed by atoms with Gasteiger partial charge in [0.25, 0.3) is 0 Å². The van der Waals surface area contributed by atoms with Gasteiger partial charge in [-0.25, -0.2) is 4.79 Å². The molecule has 1 aliphatic rings. The lowest BCUT2D eigenvalue weighted by molar-refractivity contribution is -0.121. The molecule has 0 unspecified atom stereocenters. The second kappa shape index (κ2) is 8.43. The van der Waals surface area contributed by atoms with Gasteiger partial charge in [-0.05, 0) is 50.6 Å². The van der Waals surface area contributed by atoms with Gasteiger partial charge >= 0.3 is 5.97 Å². The van der Waals surface area contributed by atoms with Crippen molar-refractivity contribution in [2.45, 2.75) is 46.6 Å². The average molecular weight is 396 g/mol. The number of rotatable bonds is 7. The first-order valence-electron chi connectivity index (χ1n) is 9.66. The Balaban J connectivity index is 1.64. The van der Waals surface area contributed by atoms with Crippen LogP contribution in [-0.4, -0.2) is 34.7 Å². The Hall–Kier alpha value is -3.22. The van der Waals surface area contributed by atoms with Crippen molar-refractivity contribution in [3.05, 3.63) is 52.8 Å². The molecule has 2 aromatic rings. The van der Waals surface area contributed by atoms with Crippen LogP contribution < -0.4 is 4.90 Å². The van der Waals surface area contributed by atoms with E-state index in [0.29, 0.717) is 11.3 Å². The van der Waals surface area contributed by atoms with Crippen molar-refractivity contribution in [2.24, 2.45) is 0 Å². The van der Waals surface area contributed by atoms with Crippen molar-refractivity contribution in [2.75, 3.05) is 11.5 Å². The number of ether oxygens (including phenoxy) is 1. The zero-order valence-corrected chi connectivity index (χ0v) is 16.9. The highest BCUT2D eigenvalue weighted by Crippen LogP contribution is 2.23. The lowest BCUT2D eigenvalue weighted by Crippen LogP contribution is -2.28. The molecule has 1 aromatic heterocycles. The molecule has 0 spiro atoms. The molecule has 152 valence electrons. The molecule has 1 saturated heterocycles. The maximum atomic E-state index is 12.5. The van der Waals surface area contributed by atoms with Crippen LogP contribution in [-0.2, 0) is 20.9 Å². The summed E-state index contributed by atoms with van der Waals surface area (Å²) in [5.41, 5.74) is 3.10. The molecule has 1 aromatic carbocycles. The summed E-state index contributed by atoms with van der Waals surface area (Å²) in [5.74, 6) is -1.39. The summed E-state index contributed by atoms with van der Waals surface area (Å²) in [6.45, 7) is 6.39. The fraction of sp³-hybridized carbons (Fsp3) is 0.364. The predicted octanol–water partition coefficient (Wildman–Crippen LogP) is 3.21. The molecule has 2 heterocycles. The maximum Gasteiger partial charge on any atom is 0.338 e. The molecule has 0 saturated carbocycles. The first kappa shape index (κ1) is 20.5. The van der Waals surface area contributed by atoms with Crippen molar-refractivity contribution < 1.29 is 23.9 Å². The number of amides is 2. The van der Waals surface area contributed by atoms with Crippen LogP contribution in [0, 0.1) is 13.8 Å². The topological polar surface area (TPSA) is 85.7 Å². The van der Waals surface area contributed by atoms with Gasteiger partial charge in [-0.3, -0.25) is 19.3 Å². The number of esters is 1. The van der Waals surface area contributed by atoms with Crippen molar-refractivity contribution >= 4 is 29.3 Å². The van der Waals surface area contributed by atoms with Gasteiger partial charge in [0.2, 0.25) is 17.6 Å². The minimum atomic E-state index is -0.633. The highest BCUT2D eigenvalue weighted by Gasteiger charge is 2.30. The number of imide groups is 1. The summed E-state index contributed by atoms with van der Waals surface area (Å²) in [5, 5.41) is 0. The van der Waals surface area contributed by atoms with E-state index in [0.717, 1.165) is 29.3 Å². The second-order valence-electron chi connectivity index (χ2n) is 7.11. The van der Waals surface area contributed by atoms with Crippen LogP contribution in [0.2, 0.25) is 0 Å². The van der Waals surface area contributed by atoms with E-state index in [1.807, 2.05) is 19.9 Å². The number of benzene rings is 1. The van der Waals surface area contributed by atoms with E-state index < -0.39 is 5.97 Å². The molecule has 0 radical (unpaired) electrons. The molecule has 2 amide bonds. The van der Waals surface area contributed by atoms with E-state index in [2.05, 4.69) is 11.5 Å². The van der Waals surface area contributed by atoms with E-state index in [-0.39, 0.29) is 42.6 Å². The molecule has 0 atom stereocenters. The van der Waals surface area contributed by atoms with Gasteiger partial charge in [0.15, 0.2) is 6.61 Å². The number of nitrogens with zero attached hydrogens (tertiary/aromatic N) is 2. The monoisotopic (exact) mass is 396 g/mol. The second-order valence-corrected chi connectivity index (χ2v) is 7.11. The van der Waals surface area contributed by atoms with Crippen LogP contribution >= 0.6 is 0 Å².